The highest BCUT2D eigenvalue weighted by Crippen LogP contribution is 2.33. The maximum Gasteiger partial charge on any atom is 0.419 e. The highest BCUT2D eigenvalue weighted by atomic mass is 19.4. The van der Waals surface area contributed by atoms with E-state index < -0.39 is 17.6 Å². The van der Waals surface area contributed by atoms with Crippen LogP contribution in [0.25, 0.3) is 0 Å². The first-order valence-electron chi connectivity index (χ1n) is 7.87. The summed E-state index contributed by atoms with van der Waals surface area (Å²) < 4.78 is 56.8. The number of nitrogens with zero attached hydrogens (tertiary/aromatic N) is 1. The molecule has 0 aromatic heterocycles. The SMILES string of the molecule is O=C(Nc1ccc(F)c(C(F)(F)F)c1)[C@@H]1CCN1C1CCOCC1. The summed E-state index contributed by atoms with van der Waals surface area (Å²) in [6, 6.07) is 2.40. The van der Waals surface area contributed by atoms with Gasteiger partial charge in [-0.1, -0.05) is 0 Å². The maximum absolute atomic E-state index is 13.3. The average Bonchev–Trinajstić information content (AvgIpc) is 2.48. The molecule has 24 heavy (non-hydrogen) atoms. The lowest BCUT2D eigenvalue weighted by Gasteiger charge is -2.46. The number of carbonyl (C=O) groups excluding carboxylic acids is 1. The van der Waals surface area contributed by atoms with Gasteiger partial charge in [0, 0.05) is 31.5 Å². The molecule has 2 aliphatic rings. The van der Waals surface area contributed by atoms with Crippen LogP contribution in [-0.2, 0) is 15.7 Å². The van der Waals surface area contributed by atoms with Crippen LogP contribution in [0, 0.1) is 5.82 Å². The van der Waals surface area contributed by atoms with Gasteiger partial charge >= 0.3 is 6.18 Å². The van der Waals surface area contributed by atoms with Crippen LogP contribution in [0.2, 0.25) is 0 Å². The fourth-order valence-corrected chi connectivity index (χ4v) is 3.19. The second kappa shape index (κ2) is 6.68. The molecular weight excluding hydrogens is 328 g/mol. The van der Waals surface area contributed by atoms with Crippen LogP contribution in [0.3, 0.4) is 0 Å². The van der Waals surface area contributed by atoms with Crippen molar-refractivity contribution in [2.24, 2.45) is 0 Å². The molecule has 0 bridgehead atoms. The molecule has 1 aromatic carbocycles. The van der Waals surface area contributed by atoms with Crippen LogP contribution in [0.15, 0.2) is 18.2 Å². The second-order valence-corrected chi connectivity index (χ2v) is 6.07. The molecule has 4 nitrogen and oxygen atoms in total. The van der Waals surface area contributed by atoms with Crippen LogP contribution in [0.5, 0.6) is 0 Å². The summed E-state index contributed by atoms with van der Waals surface area (Å²) in [6.45, 7) is 2.10. The lowest BCUT2D eigenvalue weighted by Crippen LogP contribution is -2.59. The summed E-state index contributed by atoms with van der Waals surface area (Å²) >= 11 is 0. The van der Waals surface area contributed by atoms with E-state index in [0.29, 0.717) is 25.7 Å². The minimum absolute atomic E-state index is 0.0486. The second-order valence-electron chi connectivity index (χ2n) is 6.07. The van der Waals surface area contributed by atoms with Crippen molar-refractivity contribution < 1.29 is 27.1 Å². The van der Waals surface area contributed by atoms with Crippen LogP contribution in [-0.4, -0.2) is 42.6 Å². The van der Waals surface area contributed by atoms with E-state index in [4.69, 9.17) is 4.74 Å². The number of benzene rings is 1. The Morgan fingerprint density at radius 1 is 1.21 bits per heavy atom. The van der Waals surface area contributed by atoms with Gasteiger partial charge in [-0.2, -0.15) is 13.2 Å². The molecule has 0 saturated carbocycles. The third-order valence-corrected chi connectivity index (χ3v) is 4.56. The van der Waals surface area contributed by atoms with E-state index in [1.807, 2.05) is 0 Å². The number of alkyl halides is 3. The van der Waals surface area contributed by atoms with Crippen molar-refractivity contribution in [1.82, 2.24) is 4.90 Å². The smallest absolute Gasteiger partial charge is 0.381 e. The number of rotatable bonds is 3. The normalized spacial score (nSPS) is 22.9. The van der Waals surface area contributed by atoms with E-state index in [-0.39, 0.29) is 23.7 Å². The van der Waals surface area contributed by atoms with Crippen molar-refractivity contribution in [2.45, 2.75) is 37.5 Å². The maximum atomic E-state index is 13.3. The van der Waals surface area contributed by atoms with Crippen LogP contribution in [0.1, 0.15) is 24.8 Å². The first-order chi connectivity index (χ1) is 11.4. The summed E-state index contributed by atoms with van der Waals surface area (Å²) in [5, 5.41) is 2.47. The summed E-state index contributed by atoms with van der Waals surface area (Å²) in [4.78, 5) is 14.4. The topological polar surface area (TPSA) is 41.6 Å². The molecule has 0 aliphatic carbocycles. The summed E-state index contributed by atoms with van der Waals surface area (Å²) in [6.07, 6.45) is -2.44. The molecule has 2 fully saturated rings. The minimum atomic E-state index is -4.80. The van der Waals surface area contributed by atoms with Gasteiger partial charge in [-0.25, -0.2) is 4.39 Å². The quantitative estimate of drug-likeness (QED) is 0.856. The Morgan fingerprint density at radius 3 is 2.50 bits per heavy atom. The monoisotopic (exact) mass is 346 g/mol. The fourth-order valence-electron chi connectivity index (χ4n) is 3.19. The Kier molecular flexibility index (Phi) is 4.78. The predicted molar refractivity (Wildman–Crippen MR) is 79.0 cm³/mol. The number of amides is 1. The van der Waals surface area contributed by atoms with Gasteiger partial charge in [-0.3, -0.25) is 9.69 Å². The summed E-state index contributed by atoms with van der Waals surface area (Å²) in [5.74, 6) is -1.71. The van der Waals surface area contributed by atoms with Crippen molar-refractivity contribution in [1.29, 1.82) is 0 Å². The highest BCUT2D eigenvalue weighted by Gasteiger charge is 2.39. The molecule has 2 aliphatic heterocycles. The van der Waals surface area contributed by atoms with E-state index in [2.05, 4.69) is 10.2 Å². The average molecular weight is 346 g/mol. The highest BCUT2D eigenvalue weighted by molar-refractivity contribution is 5.95. The number of hydrogen-bond donors (Lipinski definition) is 1. The molecule has 1 amide bonds. The number of carbonyl (C=O) groups is 1. The molecular formula is C16H18F4N2O2. The lowest BCUT2D eigenvalue weighted by molar-refractivity contribution is -0.140. The van der Waals surface area contributed by atoms with Crippen molar-refractivity contribution in [3.8, 4) is 0 Å². The first-order valence-corrected chi connectivity index (χ1v) is 7.87. The number of likely N-dealkylation sites (tertiary alicyclic amines) is 1. The van der Waals surface area contributed by atoms with Gasteiger partial charge in [-0.15, -0.1) is 0 Å². The molecule has 3 rings (SSSR count). The van der Waals surface area contributed by atoms with E-state index in [0.717, 1.165) is 31.5 Å². The number of nitrogens with one attached hydrogen (secondary N) is 1. The molecule has 0 unspecified atom stereocenters. The van der Waals surface area contributed by atoms with E-state index in [1.165, 1.54) is 0 Å². The van der Waals surface area contributed by atoms with Gasteiger partial charge in [0.15, 0.2) is 0 Å². The van der Waals surface area contributed by atoms with Crippen LogP contribution < -0.4 is 5.32 Å². The van der Waals surface area contributed by atoms with Crippen molar-refractivity contribution in [2.75, 3.05) is 25.1 Å². The molecule has 1 N–H and O–H groups in total. The van der Waals surface area contributed by atoms with Crippen molar-refractivity contribution >= 4 is 11.6 Å². The molecule has 0 radical (unpaired) electrons. The number of hydrogen-bond acceptors (Lipinski definition) is 3. The third kappa shape index (κ3) is 3.54. The van der Waals surface area contributed by atoms with Crippen LogP contribution in [0.4, 0.5) is 23.2 Å². The molecule has 8 heteroatoms. The van der Waals surface area contributed by atoms with Gasteiger partial charge in [-0.05, 0) is 37.5 Å². The Balaban J connectivity index is 1.66. The molecule has 2 heterocycles. The predicted octanol–water partition coefficient (Wildman–Crippen LogP) is 3.04. The largest absolute Gasteiger partial charge is 0.419 e. The zero-order chi connectivity index (χ0) is 17.3. The summed E-state index contributed by atoms with van der Waals surface area (Å²) in [5.41, 5.74) is -1.43. The number of halogens is 4. The Morgan fingerprint density at radius 2 is 1.92 bits per heavy atom. The van der Waals surface area contributed by atoms with Gasteiger partial charge in [0.25, 0.3) is 0 Å². The Bertz CT molecular complexity index is 615. The Labute approximate surface area is 136 Å². The third-order valence-electron chi connectivity index (χ3n) is 4.56. The van der Waals surface area contributed by atoms with Gasteiger partial charge < -0.3 is 10.1 Å². The minimum Gasteiger partial charge on any atom is -0.381 e. The zero-order valence-corrected chi connectivity index (χ0v) is 12.9. The van der Waals surface area contributed by atoms with Gasteiger partial charge in [0.1, 0.15) is 5.82 Å². The lowest BCUT2D eigenvalue weighted by atomic mass is 9.95. The molecule has 1 aromatic rings. The first kappa shape index (κ1) is 17.2. The van der Waals surface area contributed by atoms with E-state index in [1.54, 1.807) is 0 Å². The fraction of sp³-hybridized carbons (Fsp3) is 0.562. The summed E-state index contributed by atoms with van der Waals surface area (Å²) in [7, 11) is 0. The number of anilines is 1. The molecule has 0 spiro atoms. The molecule has 1 atom stereocenters. The standard InChI is InChI=1S/C16H18F4N2O2/c17-13-2-1-10(9-12(13)16(18,19)20)21-15(23)14-3-6-22(14)11-4-7-24-8-5-11/h1-2,9,11,14H,3-8H2,(H,21,23)/t14-/m0/s1. The van der Waals surface area contributed by atoms with Crippen LogP contribution >= 0.6 is 0 Å². The van der Waals surface area contributed by atoms with Gasteiger partial charge in [0.2, 0.25) is 5.91 Å². The molecule has 132 valence electrons. The van der Waals surface area contributed by atoms with Gasteiger partial charge in [0.05, 0.1) is 11.6 Å². The Hall–Kier alpha value is -1.67. The zero-order valence-electron chi connectivity index (χ0n) is 12.9. The van der Waals surface area contributed by atoms with Crippen molar-refractivity contribution in [3.63, 3.8) is 0 Å². The van der Waals surface area contributed by atoms with E-state index >= 15 is 0 Å². The van der Waals surface area contributed by atoms with E-state index in [9.17, 15) is 22.4 Å². The van der Waals surface area contributed by atoms with Crippen molar-refractivity contribution in [3.05, 3.63) is 29.6 Å². The molecule has 2 saturated heterocycles. The number of ether oxygens (including phenoxy) is 1.